The molecule has 4 heteroatoms. The Bertz CT molecular complexity index is 642. The largest absolute Gasteiger partial charge is 0.498 e. The predicted octanol–water partition coefficient (Wildman–Crippen LogP) is 3.86. The highest BCUT2D eigenvalue weighted by Crippen LogP contribution is 2.17. The molecule has 0 N–H and O–H groups in total. The van der Waals surface area contributed by atoms with Gasteiger partial charge in [0, 0.05) is 11.1 Å². The molecule has 0 atom stereocenters. The summed E-state index contributed by atoms with van der Waals surface area (Å²) in [6.07, 6.45) is 3.44. The maximum absolute atomic E-state index is 12.4. The first-order chi connectivity index (χ1) is 11.2. The van der Waals surface area contributed by atoms with Crippen molar-refractivity contribution in [1.29, 1.82) is 0 Å². The zero-order valence-corrected chi connectivity index (χ0v) is 13.3. The lowest BCUT2D eigenvalue weighted by molar-refractivity contribution is 0.103. The molecule has 120 valence electrons. The molecule has 0 heterocycles. The molecule has 0 amide bonds. The molecule has 0 aliphatic heterocycles. The van der Waals surface area contributed by atoms with Crippen LogP contribution in [0.15, 0.2) is 60.9 Å². The summed E-state index contributed by atoms with van der Waals surface area (Å²) < 4.78 is 15.8. The molecular formula is C19H20O4. The van der Waals surface area contributed by atoms with Crippen LogP contribution in [0.5, 0.6) is 11.5 Å². The van der Waals surface area contributed by atoms with Crippen LogP contribution in [0.25, 0.3) is 0 Å². The Kier molecular flexibility index (Phi) is 6.24. The Labute approximate surface area is 136 Å². The second-order valence-corrected chi connectivity index (χ2v) is 4.77. The van der Waals surface area contributed by atoms with Gasteiger partial charge in [0.1, 0.15) is 24.7 Å². The van der Waals surface area contributed by atoms with E-state index in [0.717, 1.165) is 5.75 Å². The van der Waals surface area contributed by atoms with E-state index in [9.17, 15) is 4.79 Å². The van der Waals surface area contributed by atoms with Crippen LogP contribution in [-0.4, -0.2) is 26.1 Å². The van der Waals surface area contributed by atoms with Crippen molar-refractivity contribution in [2.45, 2.75) is 6.92 Å². The van der Waals surface area contributed by atoms with E-state index < -0.39 is 0 Å². The number of ketones is 1. The average molecular weight is 312 g/mol. The summed E-state index contributed by atoms with van der Waals surface area (Å²) in [6.45, 7) is 2.83. The summed E-state index contributed by atoms with van der Waals surface area (Å²) in [7, 11) is 1.60. The number of methoxy groups -OCH3 is 1. The molecule has 0 aromatic heterocycles. The van der Waals surface area contributed by atoms with Crippen LogP contribution >= 0.6 is 0 Å². The molecule has 0 aliphatic rings. The monoisotopic (exact) mass is 312 g/mol. The van der Waals surface area contributed by atoms with E-state index >= 15 is 0 Å². The molecule has 4 nitrogen and oxygen atoms in total. The third-order valence-corrected chi connectivity index (χ3v) is 3.17. The summed E-state index contributed by atoms with van der Waals surface area (Å²) in [5.41, 5.74) is 1.24. The van der Waals surface area contributed by atoms with E-state index in [2.05, 4.69) is 0 Å². The Hall–Kier alpha value is -2.75. The Morgan fingerprint density at radius 3 is 2.00 bits per heavy atom. The lowest BCUT2D eigenvalue weighted by Gasteiger charge is -2.07. The predicted molar refractivity (Wildman–Crippen MR) is 89.1 cm³/mol. The van der Waals surface area contributed by atoms with E-state index in [0.29, 0.717) is 30.1 Å². The molecular weight excluding hydrogens is 292 g/mol. The topological polar surface area (TPSA) is 44.8 Å². The van der Waals surface area contributed by atoms with Gasteiger partial charge in [-0.2, -0.15) is 0 Å². The fraction of sp³-hybridized carbons (Fsp3) is 0.211. The van der Waals surface area contributed by atoms with Crippen molar-refractivity contribution >= 4 is 5.78 Å². The molecule has 0 fully saturated rings. The molecule has 0 saturated heterocycles. The standard InChI is InChI=1S/C19H20O4/c1-3-12-22-13-14-23-18-10-6-16(7-11-18)19(20)15-4-8-17(21-2)9-5-15/h3-12H,13-14H2,1-2H3. The van der Waals surface area contributed by atoms with Gasteiger partial charge in [0.2, 0.25) is 0 Å². The van der Waals surface area contributed by atoms with E-state index in [1.807, 2.05) is 13.0 Å². The van der Waals surface area contributed by atoms with E-state index in [-0.39, 0.29) is 5.78 Å². The third-order valence-electron chi connectivity index (χ3n) is 3.17. The van der Waals surface area contributed by atoms with Gasteiger partial charge < -0.3 is 14.2 Å². The Balaban J connectivity index is 1.94. The first kappa shape index (κ1) is 16.6. The highest BCUT2D eigenvalue weighted by Gasteiger charge is 2.09. The number of carbonyl (C=O) groups excluding carboxylic acids is 1. The van der Waals surface area contributed by atoms with Gasteiger partial charge in [0.25, 0.3) is 0 Å². The van der Waals surface area contributed by atoms with Crippen LogP contribution in [0.2, 0.25) is 0 Å². The molecule has 0 aliphatic carbocycles. The second kappa shape index (κ2) is 8.63. The molecule has 2 rings (SSSR count). The summed E-state index contributed by atoms with van der Waals surface area (Å²) in [4.78, 5) is 12.4. The number of allylic oxidation sites excluding steroid dienone is 1. The van der Waals surface area contributed by atoms with Crippen LogP contribution in [0.4, 0.5) is 0 Å². The van der Waals surface area contributed by atoms with Gasteiger partial charge >= 0.3 is 0 Å². The number of hydrogen-bond donors (Lipinski definition) is 0. The van der Waals surface area contributed by atoms with Gasteiger partial charge in [-0.15, -0.1) is 0 Å². The molecule has 0 saturated carbocycles. The fourth-order valence-corrected chi connectivity index (χ4v) is 1.98. The average Bonchev–Trinajstić information content (AvgIpc) is 2.61. The smallest absolute Gasteiger partial charge is 0.193 e. The summed E-state index contributed by atoms with van der Waals surface area (Å²) in [5, 5.41) is 0. The number of carbonyl (C=O) groups is 1. The van der Waals surface area contributed by atoms with Crippen LogP contribution in [0.1, 0.15) is 22.8 Å². The van der Waals surface area contributed by atoms with Crippen molar-refractivity contribution in [3.63, 3.8) is 0 Å². The molecule has 0 unspecified atom stereocenters. The van der Waals surface area contributed by atoms with Crippen LogP contribution in [0.3, 0.4) is 0 Å². The minimum absolute atomic E-state index is 0.0318. The summed E-state index contributed by atoms with van der Waals surface area (Å²) in [5.74, 6) is 1.40. The van der Waals surface area contributed by atoms with E-state index in [1.165, 1.54) is 0 Å². The molecule has 0 bridgehead atoms. The van der Waals surface area contributed by atoms with Crippen LogP contribution in [0, 0.1) is 0 Å². The second-order valence-electron chi connectivity index (χ2n) is 4.77. The molecule has 2 aromatic rings. The number of ether oxygens (including phenoxy) is 3. The SMILES string of the molecule is CC=COCCOc1ccc(C(=O)c2ccc(OC)cc2)cc1. The normalized spacial score (nSPS) is 10.5. The zero-order chi connectivity index (χ0) is 16.5. The van der Waals surface area contributed by atoms with Gasteiger partial charge in [-0.3, -0.25) is 4.79 Å². The van der Waals surface area contributed by atoms with Crippen molar-refractivity contribution in [2.75, 3.05) is 20.3 Å². The third kappa shape index (κ3) is 4.88. The maximum atomic E-state index is 12.4. The lowest BCUT2D eigenvalue weighted by atomic mass is 10.0. The first-order valence-corrected chi connectivity index (χ1v) is 7.39. The van der Waals surface area contributed by atoms with E-state index in [1.54, 1.807) is 61.9 Å². The number of hydrogen-bond acceptors (Lipinski definition) is 4. The van der Waals surface area contributed by atoms with Crippen molar-refractivity contribution in [2.24, 2.45) is 0 Å². The van der Waals surface area contributed by atoms with Crippen molar-refractivity contribution in [1.82, 2.24) is 0 Å². The van der Waals surface area contributed by atoms with Gasteiger partial charge in [-0.1, -0.05) is 6.08 Å². The Morgan fingerprint density at radius 1 is 0.913 bits per heavy atom. The first-order valence-electron chi connectivity index (χ1n) is 7.39. The highest BCUT2D eigenvalue weighted by atomic mass is 16.5. The number of benzene rings is 2. The van der Waals surface area contributed by atoms with Gasteiger partial charge in [-0.05, 0) is 55.5 Å². The molecule has 0 spiro atoms. The van der Waals surface area contributed by atoms with Crippen LogP contribution < -0.4 is 9.47 Å². The Morgan fingerprint density at radius 2 is 1.48 bits per heavy atom. The lowest BCUT2D eigenvalue weighted by Crippen LogP contribution is -2.05. The fourth-order valence-electron chi connectivity index (χ4n) is 1.98. The summed E-state index contributed by atoms with van der Waals surface area (Å²) >= 11 is 0. The zero-order valence-electron chi connectivity index (χ0n) is 13.3. The van der Waals surface area contributed by atoms with Gasteiger partial charge in [0.15, 0.2) is 5.78 Å². The number of rotatable bonds is 8. The van der Waals surface area contributed by atoms with Crippen molar-refractivity contribution < 1.29 is 19.0 Å². The molecule has 0 radical (unpaired) electrons. The van der Waals surface area contributed by atoms with E-state index in [4.69, 9.17) is 14.2 Å². The molecule has 23 heavy (non-hydrogen) atoms. The minimum Gasteiger partial charge on any atom is -0.498 e. The van der Waals surface area contributed by atoms with Gasteiger partial charge in [-0.25, -0.2) is 0 Å². The minimum atomic E-state index is -0.0318. The summed E-state index contributed by atoms with van der Waals surface area (Å²) in [6, 6.07) is 14.1. The van der Waals surface area contributed by atoms with Gasteiger partial charge in [0.05, 0.1) is 13.4 Å². The van der Waals surface area contributed by atoms with Crippen molar-refractivity contribution in [3.8, 4) is 11.5 Å². The highest BCUT2D eigenvalue weighted by molar-refractivity contribution is 6.09. The maximum Gasteiger partial charge on any atom is 0.193 e. The van der Waals surface area contributed by atoms with Crippen LogP contribution in [-0.2, 0) is 4.74 Å². The molecule has 2 aromatic carbocycles. The quantitative estimate of drug-likeness (QED) is 0.422. The van der Waals surface area contributed by atoms with Crippen molar-refractivity contribution in [3.05, 3.63) is 72.0 Å².